The number of anilines is 1. The van der Waals surface area contributed by atoms with Gasteiger partial charge in [-0.1, -0.05) is 52.3 Å². The molecule has 0 fully saturated rings. The smallest absolute Gasteiger partial charge is 0.460 e. The number of ether oxygens (including phenoxy) is 3. The molecule has 2 rings (SSSR count). The van der Waals surface area contributed by atoms with E-state index >= 15 is 8.78 Å². The van der Waals surface area contributed by atoms with Crippen molar-refractivity contribution in [2.45, 2.75) is 133 Å². The fourth-order valence-electron chi connectivity index (χ4n) is 6.77. The van der Waals surface area contributed by atoms with E-state index in [4.69, 9.17) is 18.6 Å². The highest BCUT2D eigenvalue weighted by atomic mass is 28.4. The average molecular weight is 1040 g/mol. The lowest BCUT2D eigenvalue weighted by molar-refractivity contribution is -0.461. The molecule has 0 heterocycles. The fourth-order valence-corrected chi connectivity index (χ4v) is 11.2. The molecule has 388 valence electrons. The maximum absolute atomic E-state index is 15.0. The molecule has 2 atom stereocenters. The Kier molecular flexibility index (Phi) is 18.7. The summed E-state index contributed by atoms with van der Waals surface area (Å²) in [6.45, 7) is 10.2. The zero-order valence-corrected chi connectivity index (χ0v) is 38.0. The molecule has 2 aromatic rings. The maximum Gasteiger partial charge on any atom is 0.460 e. The number of esters is 1. The number of halogens is 19. The van der Waals surface area contributed by atoms with Crippen molar-refractivity contribution in [1.29, 1.82) is 0 Å². The van der Waals surface area contributed by atoms with Crippen LogP contribution in [0.5, 0.6) is 5.75 Å². The highest BCUT2D eigenvalue weighted by Crippen LogP contribution is 2.64. The van der Waals surface area contributed by atoms with Gasteiger partial charge in [0.25, 0.3) is 0 Å². The van der Waals surface area contributed by atoms with Crippen LogP contribution in [-0.4, -0.2) is 87.8 Å². The molecule has 7 nitrogen and oxygen atoms in total. The van der Waals surface area contributed by atoms with E-state index in [1.165, 1.54) is 58.9 Å². The molecule has 27 heteroatoms. The Labute approximate surface area is 377 Å². The number of hydrogen-bond donors (Lipinski definition) is 1. The quantitative estimate of drug-likeness (QED) is 0.0393. The van der Waals surface area contributed by atoms with Gasteiger partial charge in [-0.15, -0.1) is 0 Å². The highest BCUT2D eigenvalue weighted by Gasteiger charge is 2.95. The van der Waals surface area contributed by atoms with Crippen LogP contribution in [0.4, 0.5) is 93.9 Å². The van der Waals surface area contributed by atoms with Crippen molar-refractivity contribution >= 4 is 26.1 Å². The molecule has 2 aromatic carbocycles. The van der Waals surface area contributed by atoms with E-state index in [0.29, 0.717) is 11.6 Å². The lowest BCUT2D eigenvalue weighted by Crippen LogP contribution is -2.74. The maximum atomic E-state index is 15.0. The average Bonchev–Trinajstić information content (AvgIpc) is 3.22. The third-order valence-electron chi connectivity index (χ3n) is 11.2. The predicted octanol–water partition coefficient (Wildman–Crippen LogP) is 14.4. The van der Waals surface area contributed by atoms with E-state index < -0.39 is 134 Å². The van der Waals surface area contributed by atoms with E-state index in [0.717, 1.165) is 12.1 Å². The molecular formula is C41H46F19NO6Si. The van der Waals surface area contributed by atoms with Gasteiger partial charge in [0.05, 0.1) is 18.9 Å². The minimum atomic E-state index is -8.72. The third kappa shape index (κ3) is 11.6. The van der Waals surface area contributed by atoms with Gasteiger partial charge in [0, 0.05) is 24.0 Å². The third-order valence-corrected chi connectivity index (χ3v) is 16.9. The number of nitrogens with one attached hydrogen (secondary N) is 1. The molecule has 0 aliphatic carbocycles. The second-order valence-corrected chi connectivity index (χ2v) is 21.1. The molecule has 0 unspecified atom stereocenters. The Bertz CT molecular complexity index is 2070. The van der Waals surface area contributed by atoms with E-state index in [1.54, 1.807) is 20.8 Å². The lowest BCUT2D eigenvalue weighted by atomic mass is 9.88. The largest absolute Gasteiger partial charge is 0.491 e. The summed E-state index contributed by atoms with van der Waals surface area (Å²) in [5, 5.41) is 2.14. The zero-order valence-electron chi connectivity index (χ0n) is 37.0. The van der Waals surface area contributed by atoms with Crippen molar-refractivity contribution in [1.82, 2.24) is 0 Å². The minimum absolute atomic E-state index is 0.0302. The van der Waals surface area contributed by atoms with Gasteiger partial charge in [-0.05, 0) is 67.7 Å². The Hall–Kier alpha value is -4.43. The standard InChI is InChI=1S/C41H46F19NO6Si/c1-9-64-32(62)25(8)23(6)24(7)31(67-33(63)61-30-15-12-27(42)20-29(30)43)26-10-13-28(14-11-26)65-17-18-66-68(21(2)3,22(4)5)19-16-34(44,45)35(46,47)36(48,49)37(50,51)38(52,53)39(54,55)40(56,57)41(58,59)60/h10-15,20-22,24,31H,9,16-19H2,1-8H3,(H,61,63)/b25-23+/t24-,31-/m1/s1. The first kappa shape index (κ1) is 59.7. The second-order valence-electron chi connectivity index (χ2n) is 16.1. The van der Waals surface area contributed by atoms with Crippen molar-refractivity contribution < 1.29 is 112 Å². The zero-order chi connectivity index (χ0) is 53.0. The Morgan fingerprint density at radius 2 is 1.15 bits per heavy atom. The SMILES string of the molecule is CCOC(=O)/C(C)=C(\C)[C@@H](C)[C@@H](OC(=O)Nc1ccc(F)cc1F)c1ccc(OCCO[Si](CCC(F)(F)C(F)(F)C(F)(F)C(F)(F)C(F)(F)C(F)(F)C(F)(F)C(F)(F)F)(C(C)C)C(C)C)cc1. The fraction of sp³-hybridized carbons (Fsp3) is 0.610. The van der Waals surface area contributed by atoms with Crippen LogP contribution in [0.3, 0.4) is 0 Å². The molecule has 0 aromatic heterocycles. The van der Waals surface area contributed by atoms with Gasteiger partial charge in [-0.2, -0.15) is 74.6 Å². The summed E-state index contributed by atoms with van der Waals surface area (Å²) >= 11 is 0. The lowest BCUT2D eigenvalue weighted by Gasteiger charge is -2.44. The Balaban J connectivity index is 2.36. The van der Waals surface area contributed by atoms with Crippen LogP contribution in [0.2, 0.25) is 17.1 Å². The summed E-state index contributed by atoms with van der Waals surface area (Å²) in [5.74, 6) is -60.5. The molecule has 0 saturated carbocycles. The summed E-state index contributed by atoms with van der Waals surface area (Å²) < 4.78 is 286. The summed E-state index contributed by atoms with van der Waals surface area (Å²) in [6.07, 6.45) is -12.9. The van der Waals surface area contributed by atoms with Crippen LogP contribution >= 0.6 is 0 Å². The van der Waals surface area contributed by atoms with Crippen LogP contribution in [0.15, 0.2) is 53.6 Å². The first-order chi connectivity index (χ1) is 30.7. The van der Waals surface area contributed by atoms with Gasteiger partial charge < -0.3 is 18.6 Å². The van der Waals surface area contributed by atoms with Crippen molar-refractivity contribution in [2.75, 3.05) is 25.1 Å². The van der Waals surface area contributed by atoms with Crippen LogP contribution in [0.1, 0.15) is 73.5 Å². The van der Waals surface area contributed by atoms with Gasteiger partial charge >= 0.3 is 59.7 Å². The van der Waals surface area contributed by atoms with E-state index in [1.807, 2.05) is 0 Å². The first-order valence-corrected chi connectivity index (χ1v) is 22.3. The van der Waals surface area contributed by atoms with E-state index in [-0.39, 0.29) is 23.5 Å². The number of carbonyl (C=O) groups is 2. The topological polar surface area (TPSA) is 83.1 Å². The number of benzene rings is 2. The normalized spacial score (nSPS) is 15.2. The monoisotopic (exact) mass is 1040 g/mol. The molecule has 0 bridgehead atoms. The Morgan fingerprint density at radius 3 is 1.60 bits per heavy atom. The number of hydrogen-bond acceptors (Lipinski definition) is 6. The first-order valence-electron chi connectivity index (χ1n) is 20.0. The van der Waals surface area contributed by atoms with Gasteiger partial charge in [0.15, 0.2) is 8.32 Å². The van der Waals surface area contributed by atoms with Crippen molar-refractivity contribution in [3.05, 3.63) is 70.8 Å². The molecule has 68 heavy (non-hydrogen) atoms. The Morgan fingerprint density at radius 1 is 0.662 bits per heavy atom. The van der Waals surface area contributed by atoms with Crippen molar-refractivity contribution in [3.63, 3.8) is 0 Å². The van der Waals surface area contributed by atoms with Crippen LogP contribution in [0, 0.1) is 17.6 Å². The second kappa shape index (κ2) is 21.3. The molecule has 0 aliphatic rings. The van der Waals surface area contributed by atoms with Crippen LogP contribution < -0.4 is 10.1 Å². The summed E-state index contributed by atoms with van der Waals surface area (Å²) in [7, 11) is -4.07. The van der Waals surface area contributed by atoms with Crippen molar-refractivity contribution in [2.24, 2.45) is 5.92 Å². The van der Waals surface area contributed by atoms with Gasteiger partial charge in [-0.25, -0.2) is 18.4 Å². The molecule has 0 radical (unpaired) electrons. The predicted molar refractivity (Wildman–Crippen MR) is 207 cm³/mol. The van der Waals surface area contributed by atoms with Crippen molar-refractivity contribution in [3.8, 4) is 5.75 Å². The number of carbonyl (C=O) groups excluding carboxylic acids is 2. The molecule has 0 aliphatic heterocycles. The summed E-state index contributed by atoms with van der Waals surface area (Å²) in [6, 6.07) is 6.28. The molecule has 0 spiro atoms. The molecular weight excluding hydrogens is 992 g/mol. The number of rotatable bonds is 23. The number of alkyl halides is 17. The molecule has 1 N–H and O–H groups in total. The van der Waals surface area contributed by atoms with Gasteiger partial charge in [0.2, 0.25) is 0 Å². The summed E-state index contributed by atoms with van der Waals surface area (Å²) in [5.41, 5.74) is -1.51. The minimum Gasteiger partial charge on any atom is -0.491 e. The van der Waals surface area contributed by atoms with Gasteiger partial charge in [0.1, 0.15) is 30.1 Å². The number of amides is 1. The highest BCUT2D eigenvalue weighted by molar-refractivity contribution is 6.76. The van der Waals surface area contributed by atoms with E-state index in [2.05, 4.69) is 5.32 Å². The van der Waals surface area contributed by atoms with Crippen LogP contribution in [-0.2, 0) is 18.7 Å². The van der Waals surface area contributed by atoms with Crippen LogP contribution in [0.25, 0.3) is 0 Å². The molecule has 0 saturated heterocycles. The van der Waals surface area contributed by atoms with Gasteiger partial charge in [-0.3, -0.25) is 5.32 Å². The molecule has 1 amide bonds. The van der Waals surface area contributed by atoms with E-state index in [9.17, 15) is 84.2 Å². The summed E-state index contributed by atoms with van der Waals surface area (Å²) in [4.78, 5) is 25.4.